The maximum absolute atomic E-state index is 13.2. The predicted octanol–water partition coefficient (Wildman–Crippen LogP) is 3.09. The largest absolute Gasteiger partial charge is 0.353 e. The average Bonchev–Trinajstić information content (AvgIpc) is 3.12. The molecule has 0 radical (unpaired) electrons. The van der Waals surface area contributed by atoms with Gasteiger partial charge in [0.05, 0.1) is 11.7 Å². The third kappa shape index (κ3) is 4.16. The van der Waals surface area contributed by atoms with Gasteiger partial charge in [-0.3, -0.25) is 9.59 Å². The second kappa shape index (κ2) is 9.36. The van der Waals surface area contributed by atoms with Crippen LogP contribution in [-0.4, -0.2) is 45.3 Å². The number of carbonyl (C=O) groups excluding carboxylic acids is 1. The molecule has 0 unspecified atom stereocenters. The third-order valence-electron chi connectivity index (χ3n) is 5.90. The van der Waals surface area contributed by atoms with E-state index in [9.17, 15) is 9.59 Å². The van der Waals surface area contributed by atoms with E-state index in [-0.39, 0.29) is 11.5 Å². The molecule has 0 fully saturated rings. The molecule has 4 aromatic rings. The molecule has 2 heterocycles. The summed E-state index contributed by atoms with van der Waals surface area (Å²) in [5.74, 6) is -0.0814. The number of hydrogen-bond donors (Lipinski definition) is 1. The van der Waals surface area contributed by atoms with Gasteiger partial charge in [0, 0.05) is 37.5 Å². The molecule has 0 aliphatic carbocycles. The van der Waals surface area contributed by atoms with Crippen molar-refractivity contribution in [2.24, 2.45) is 7.05 Å². The Morgan fingerprint density at radius 3 is 2.56 bits per heavy atom. The monoisotopic (exact) mass is 431 g/mol. The first kappa shape index (κ1) is 21.8. The number of nitrogens with zero attached hydrogens (tertiary/aromatic N) is 4. The zero-order valence-corrected chi connectivity index (χ0v) is 18.8. The van der Waals surface area contributed by atoms with Crippen molar-refractivity contribution in [1.82, 2.24) is 24.6 Å². The highest BCUT2D eigenvalue weighted by molar-refractivity contribution is 6.08. The number of aryl methyl sites for hydroxylation is 1. The molecule has 0 bridgehead atoms. The number of aromatic nitrogens is 3. The number of likely N-dealkylation sites (N-methyl/N-ethyl adjacent to an activating group) is 1. The van der Waals surface area contributed by atoms with Crippen molar-refractivity contribution in [2.45, 2.75) is 25.9 Å². The van der Waals surface area contributed by atoms with Crippen LogP contribution < -0.4 is 10.9 Å². The van der Waals surface area contributed by atoms with E-state index in [0.717, 1.165) is 29.4 Å². The molecule has 4 rings (SSSR count). The van der Waals surface area contributed by atoms with Crippen molar-refractivity contribution in [3.8, 4) is 0 Å². The molecule has 1 N–H and O–H groups in total. The summed E-state index contributed by atoms with van der Waals surface area (Å²) in [4.78, 5) is 28.4. The smallest absolute Gasteiger partial charge is 0.291 e. The number of fused-ring (bicyclic) bond motifs is 3. The first-order valence-electron chi connectivity index (χ1n) is 11.0. The molecule has 1 amide bonds. The zero-order valence-electron chi connectivity index (χ0n) is 18.8. The van der Waals surface area contributed by atoms with Crippen molar-refractivity contribution in [1.29, 1.82) is 0 Å². The number of amides is 1. The summed E-state index contributed by atoms with van der Waals surface area (Å²) in [5.41, 5.74) is 2.43. The van der Waals surface area contributed by atoms with Crippen LogP contribution in [0.3, 0.4) is 0 Å². The first-order chi connectivity index (χ1) is 15.5. The van der Waals surface area contributed by atoms with E-state index in [1.165, 1.54) is 10.2 Å². The van der Waals surface area contributed by atoms with E-state index in [4.69, 9.17) is 0 Å². The molecule has 0 saturated carbocycles. The minimum atomic E-state index is -0.480. The Balaban J connectivity index is 1.56. The van der Waals surface area contributed by atoms with Gasteiger partial charge >= 0.3 is 0 Å². The van der Waals surface area contributed by atoms with Crippen LogP contribution in [0.15, 0.2) is 65.6 Å². The Morgan fingerprint density at radius 1 is 1.09 bits per heavy atom. The minimum Gasteiger partial charge on any atom is -0.353 e. The van der Waals surface area contributed by atoms with E-state index < -0.39 is 6.04 Å². The van der Waals surface area contributed by atoms with Gasteiger partial charge in [0.1, 0.15) is 11.6 Å². The topological polar surface area (TPSA) is 72.2 Å². The number of nitrogens with one attached hydrogen (secondary N) is 1. The highest BCUT2D eigenvalue weighted by atomic mass is 16.2. The summed E-state index contributed by atoms with van der Waals surface area (Å²) in [5, 5.41) is 8.97. The van der Waals surface area contributed by atoms with E-state index >= 15 is 0 Å². The molecule has 2 aromatic carbocycles. The van der Waals surface area contributed by atoms with Crippen LogP contribution in [0.4, 0.5) is 0 Å². The average molecular weight is 432 g/mol. The number of rotatable bonds is 8. The van der Waals surface area contributed by atoms with Crippen LogP contribution in [0.25, 0.3) is 21.8 Å². The van der Waals surface area contributed by atoms with Gasteiger partial charge in [-0.05, 0) is 25.1 Å². The van der Waals surface area contributed by atoms with Crippen LogP contribution in [0.2, 0.25) is 0 Å². The molecule has 0 saturated heterocycles. The molecule has 0 spiro atoms. The van der Waals surface area contributed by atoms with Crippen LogP contribution in [0, 0.1) is 0 Å². The molecule has 1 atom stereocenters. The van der Waals surface area contributed by atoms with Gasteiger partial charge in [0.25, 0.3) is 5.56 Å². The van der Waals surface area contributed by atoms with Crippen molar-refractivity contribution < 1.29 is 4.79 Å². The summed E-state index contributed by atoms with van der Waals surface area (Å²) < 4.78 is 3.21. The lowest BCUT2D eigenvalue weighted by Crippen LogP contribution is -2.37. The fraction of sp³-hybridized carbons (Fsp3) is 0.320. The van der Waals surface area contributed by atoms with Gasteiger partial charge in [-0.15, -0.1) is 0 Å². The predicted molar refractivity (Wildman–Crippen MR) is 128 cm³/mol. The molecule has 7 nitrogen and oxygen atoms in total. The number of para-hydroxylation sites is 1. The third-order valence-corrected chi connectivity index (χ3v) is 5.90. The molecule has 166 valence electrons. The number of benzene rings is 2. The molecular weight excluding hydrogens is 402 g/mol. The van der Waals surface area contributed by atoms with Gasteiger partial charge in [-0.2, -0.15) is 5.10 Å². The zero-order chi connectivity index (χ0) is 22.7. The maximum atomic E-state index is 13.2. The van der Waals surface area contributed by atoms with Crippen molar-refractivity contribution in [3.63, 3.8) is 0 Å². The molecule has 2 aromatic heterocycles. The second-order valence-electron chi connectivity index (χ2n) is 8.16. The summed E-state index contributed by atoms with van der Waals surface area (Å²) in [6.45, 7) is 4.06. The van der Waals surface area contributed by atoms with Gasteiger partial charge in [0.15, 0.2) is 0 Å². The quantitative estimate of drug-likeness (QED) is 0.465. The van der Waals surface area contributed by atoms with E-state index in [1.54, 1.807) is 13.2 Å². The minimum absolute atomic E-state index is 0.0814. The highest BCUT2D eigenvalue weighted by Crippen LogP contribution is 2.30. The van der Waals surface area contributed by atoms with Gasteiger partial charge in [-0.25, -0.2) is 4.68 Å². The van der Waals surface area contributed by atoms with Crippen LogP contribution in [-0.2, 0) is 18.4 Å². The Bertz CT molecular complexity index is 1290. The van der Waals surface area contributed by atoms with Gasteiger partial charge in [-0.1, -0.05) is 55.5 Å². The Morgan fingerprint density at radius 2 is 1.81 bits per heavy atom. The molecular formula is C25H29N5O2. The lowest BCUT2D eigenvalue weighted by Gasteiger charge is -2.21. The fourth-order valence-corrected chi connectivity index (χ4v) is 4.26. The van der Waals surface area contributed by atoms with Crippen LogP contribution in [0.5, 0.6) is 0 Å². The van der Waals surface area contributed by atoms with E-state index in [0.29, 0.717) is 18.5 Å². The number of hydrogen-bond acceptors (Lipinski definition) is 4. The van der Waals surface area contributed by atoms with E-state index in [1.807, 2.05) is 61.0 Å². The van der Waals surface area contributed by atoms with Crippen LogP contribution >= 0.6 is 0 Å². The summed E-state index contributed by atoms with van der Waals surface area (Å²) in [6.07, 6.45) is 2.28. The highest BCUT2D eigenvalue weighted by Gasteiger charge is 2.25. The summed E-state index contributed by atoms with van der Waals surface area (Å²) >= 11 is 0. The lowest BCUT2D eigenvalue weighted by molar-refractivity contribution is -0.124. The van der Waals surface area contributed by atoms with E-state index in [2.05, 4.69) is 27.4 Å². The van der Waals surface area contributed by atoms with Gasteiger partial charge in [0.2, 0.25) is 5.91 Å². The summed E-state index contributed by atoms with van der Waals surface area (Å²) in [7, 11) is 3.67. The number of carbonyl (C=O) groups is 1. The second-order valence-corrected chi connectivity index (χ2v) is 8.16. The normalized spacial score (nSPS) is 12.5. The first-order valence-corrected chi connectivity index (χ1v) is 11.0. The Hall–Kier alpha value is -3.45. The summed E-state index contributed by atoms with van der Waals surface area (Å²) in [6, 6.07) is 17.6. The van der Waals surface area contributed by atoms with Crippen molar-refractivity contribution in [3.05, 3.63) is 76.7 Å². The van der Waals surface area contributed by atoms with Gasteiger partial charge < -0.3 is 14.8 Å². The fourth-order valence-electron chi connectivity index (χ4n) is 4.26. The SMILES string of the molecule is CC[C@H](C(=O)NCCN(C)Cc1ccccc1)n1c2ccccc2c2cnn(C)c(=O)c21. The molecule has 0 aliphatic heterocycles. The van der Waals surface area contributed by atoms with Crippen molar-refractivity contribution >= 4 is 27.7 Å². The lowest BCUT2D eigenvalue weighted by atomic mass is 10.2. The molecule has 7 heteroatoms. The maximum Gasteiger partial charge on any atom is 0.291 e. The van der Waals surface area contributed by atoms with Crippen LogP contribution in [0.1, 0.15) is 24.9 Å². The Labute approximate surface area is 187 Å². The van der Waals surface area contributed by atoms with Crippen molar-refractivity contribution in [2.75, 3.05) is 20.1 Å². The molecule has 0 aliphatic rings. The molecule has 32 heavy (non-hydrogen) atoms. The Kier molecular flexibility index (Phi) is 6.37. The standard InChI is InChI=1S/C25H29N5O2/c1-4-21(24(31)26-14-15-28(2)17-18-10-6-5-7-11-18)30-22-13-9-8-12-19(22)20-16-27-29(3)25(32)23(20)30/h5-13,16,21H,4,14-15,17H2,1-3H3,(H,26,31)/t21-/m1/s1.